The summed E-state index contributed by atoms with van der Waals surface area (Å²) >= 11 is 0. The minimum Gasteiger partial charge on any atom is -0.444 e. The Morgan fingerprint density at radius 3 is 1.89 bits per heavy atom. The third kappa shape index (κ3) is 3.90. The van der Waals surface area contributed by atoms with Crippen LogP contribution >= 0.6 is 0 Å². The Morgan fingerprint density at radius 1 is 0.750 bits per heavy atom. The quantitative estimate of drug-likeness (QED) is 0.309. The molecule has 1 heterocycles. The summed E-state index contributed by atoms with van der Waals surface area (Å²) < 4.78 is 5.58. The van der Waals surface area contributed by atoms with Gasteiger partial charge in [-0.2, -0.15) is 0 Å². The van der Waals surface area contributed by atoms with Crippen LogP contribution in [0.4, 0.5) is 5.69 Å². The molecule has 0 saturated carbocycles. The number of amides is 3. The SMILES string of the molecule is CN(C)C(=O)C(OC(=O)c1ccc(N2C(=O)c3cccc4cccc(c34)C2=O)cc1)c1ccccc1. The van der Waals surface area contributed by atoms with E-state index in [1.54, 1.807) is 62.6 Å². The Bertz CT molecular complexity index is 1460. The fourth-order valence-corrected chi connectivity index (χ4v) is 4.31. The lowest BCUT2D eigenvalue weighted by Gasteiger charge is -2.27. The standard InChI is InChI=1S/C29H22N2O5/c1-30(2)28(34)25(19-8-4-3-5-9-19)36-29(35)20-14-16-21(17-15-20)31-26(32)22-12-6-10-18-11-7-13-23(24(18)22)27(31)33/h3-17,25H,1-2H3. The van der Waals surface area contributed by atoms with Gasteiger partial charge in [0.1, 0.15) is 0 Å². The maximum Gasteiger partial charge on any atom is 0.339 e. The highest BCUT2D eigenvalue weighted by Gasteiger charge is 2.34. The molecule has 0 spiro atoms. The van der Waals surface area contributed by atoms with Gasteiger partial charge in [-0.15, -0.1) is 0 Å². The van der Waals surface area contributed by atoms with E-state index in [1.807, 2.05) is 18.2 Å². The van der Waals surface area contributed by atoms with Crippen molar-refractivity contribution >= 4 is 40.2 Å². The van der Waals surface area contributed by atoms with Gasteiger partial charge in [0.05, 0.1) is 11.3 Å². The number of anilines is 1. The molecule has 1 unspecified atom stereocenters. The summed E-state index contributed by atoms with van der Waals surface area (Å²) in [6, 6.07) is 25.4. The summed E-state index contributed by atoms with van der Waals surface area (Å²) in [4.78, 5) is 54.6. The third-order valence-corrected chi connectivity index (χ3v) is 6.13. The number of rotatable bonds is 5. The summed E-state index contributed by atoms with van der Waals surface area (Å²) in [6.45, 7) is 0. The molecule has 4 aromatic rings. The normalized spacial score (nSPS) is 13.4. The van der Waals surface area contributed by atoms with Gasteiger partial charge in [-0.05, 0) is 41.8 Å². The van der Waals surface area contributed by atoms with Gasteiger partial charge in [0.25, 0.3) is 17.7 Å². The number of likely N-dealkylation sites (N-methyl/N-ethyl adjacent to an activating group) is 1. The number of imide groups is 1. The van der Waals surface area contributed by atoms with Gasteiger partial charge in [0, 0.05) is 36.2 Å². The molecule has 7 heteroatoms. The van der Waals surface area contributed by atoms with E-state index in [1.165, 1.54) is 29.2 Å². The maximum absolute atomic E-state index is 13.2. The molecule has 0 N–H and O–H groups in total. The first-order valence-electron chi connectivity index (χ1n) is 11.3. The molecule has 0 fully saturated rings. The van der Waals surface area contributed by atoms with Crippen molar-refractivity contribution in [2.45, 2.75) is 6.10 Å². The third-order valence-electron chi connectivity index (χ3n) is 6.13. The Kier molecular flexibility index (Phi) is 5.82. The van der Waals surface area contributed by atoms with Gasteiger partial charge in [-0.25, -0.2) is 9.69 Å². The summed E-state index contributed by atoms with van der Waals surface area (Å²) in [5.74, 6) is -1.93. The van der Waals surface area contributed by atoms with E-state index < -0.39 is 23.9 Å². The zero-order valence-electron chi connectivity index (χ0n) is 19.7. The first-order chi connectivity index (χ1) is 17.4. The Morgan fingerprint density at radius 2 is 1.33 bits per heavy atom. The van der Waals surface area contributed by atoms with Crippen LogP contribution in [0, 0.1) is 0 Å². The van der Waals surface area contributed by atoms with Gasteiger partial charge in [-0.1, -0.05) is 54.6 Å². The minimum absolute atomic E-state index is 0.186. The smallest absolute Gasteiger partial charge is 0.339 e. The molecular formula is C29H22N2O5. The van der Waals surface area contributed by atoms with Crippen LogP contribution in [0.2, 0.25) is 0 Å². The van der Waals surface area contributed by atoms with Crippen molar-refractivity contribution in [2.75, 3.05) is 19.0 Å². The van der Waals surface area contributed by atoms with Crippen LogP contribution in [0.1, 0.15) is 42.7 Å². The van der Waals surface area contributed by atoms with Crippen molar-refractivity contribution < 1.29 is 23.9 Å². The van der Waals surface area contributed by atoms with Crippen LogP contribution < -0.4 is 4.90 Å². The Labute approximate surface area is 207 Å². The Hall–Kier alpha value is -4.78. The monoisotopic (exact) mass is 478 g/mol. The van der Waals surface area contributed by atoms with E-state index in [-0.39, 0.29) is 11.5 Å². The molecule has 0 aliphatic carbocycles. The fraction of sp³-hybridized carbons (Fsp3) is 0.103. The fourth-order valence-electron chi connectivity index (χ4n) is 4.31. The summed E-state index contributed by atoms with van der Waals surface area (Å²) in [5.41, 5.74) is 1.96. The predicted octanol–water partition coefficient (Wildman–Crippen LogP) is 4.63. The zero-order valence-corrected chi connectivity index (χ0v) is 19.7. The molecule has 5 rings (SSSR count). The number of carbonyl (C=O) groups excluding carboxylic acids is 4. The molecule has 4 aromatic carbocycles. The van der Waals surface area contributed by atoms with Gasteiger partial charge >= 0.3 is 5.97 Å². The van der Waals surface area contributed by atoms with Crippen molar-refractivity contribution in [3.8, 4) is 0 Å². The number of ether oxygens (including phenoxy) is 1. The van der Waals surface area contributed by atoms with E-state index >= 15 is 0 Å². The van der Waals surface area contributed by atoms with Crippen LogP contribution in [0.15, 0.2) is 91.0 Å². The molecule has 1 atom stereocenters. The molecule has 3 amide bonds. The molecular weight excluding hydrogens is 456 g/mol. The number of carbonyl (C=O) groups is 4. The molecule has 178 valence electrons. The highest BCUT2D eigenvalue weighted by molar-refractivity contribution is 6.35. The molecule has 0 saturated heterocycles. The summed E-state index contributed by atoms with van der Waals surface area (Å²) in [7, 11) is 3.18. The van der Waals surface area contributed by atoms with Crippen molar-refractivity contribution in [2.24, 2.45) is 0 Å². The predicted molar refractivity (Wildman–Crippen MR) is 135 cm³/mol. The van der Waals surface area contributed by atoms with E-state index in [0.29, 0.717) is 27.8 Å². The Balaban J connectivity index is 1.42. The highest BCUT2D eigenvalue weighted by atomic mass is 16.5. The van der Waals surface area contributed by atoms with Gasteiger partial charge < -0.3 is 9.64 Å². The molecule has 1 aliphatic heterocycles. The first kappa shape index (κ1) is 23.0. The molecule has 1 aliphatic rings. The number of esters is 1. The minimum atomic E-state index is -1.10. The van der Waals surface area contributed by atoms with Crippen molar-refractivity contribution in [1.29, 1.82) is 0 Å². The molecule has 0 bridgehead atoms. The first-order valence-corrected chi connectivity index (χ1v) is 11.3. The van der Waals surface area contributed by atoms with Crippen LogP contribution in [0.25, 0.3) is 10.8 Å². The van der Waals surface area contributed by atoms with E-state index in [0.717, 1.165) is 10.3 Å². The highest BCUT2D eigenvalue weighted by Crippen LogP contribution is 2.33. The molecule has 0 radical (unpaired) electrons. The number of benzene rings is 4. The van der Waals surface area contributed by atoms with E-state index in [4.69, 9.17) is 4.74 Å². The lowest BCUT2D eigenvalue weighted by molar-refractivity contribution is -0.138. The second-order valence-electron chi connectivity index (χ2n) is 8.63. The lowest BCUT2D eigenvalue weighted by atomic mass is 9.94. The number of hydrogen-bond acceptors (Lipinski definition) is 5. The van der Waals surface area contributed by atoms with Crippen LogP contribution in [0.5, 0.6) is 0 Å². The van der Waals surface area contributed by atoms with E-state index in [2.05, 4.69) is 0 Å². The average molecular weight is 479 g/mol. The lowest BCUT2D eigenvalue weighted by Crippen LogP contribution is -2.40. The number of nitrogens with zero attached hydrogens (tertiary/aromatic N) is 2. The average Bonchev–Trinajstić information content (AvgIpc) is 2.90. The van der Waals surface area contributed by atoms with Crippen molar-refractivity contribution in [3.05, 3.63) is 113 Å². The zero-order chi connectivity index (χ0) is 25.4. The van der Waals surface area contributed by atoms with Crippen molar-refractivity contribution in [3.63, 3.8) is 0 Å². The second-order valence-corrected chi connectivity index (χ2v) is 8.63. The van der Waals surface area contributed by atoms with Crippen LogP contribution in [-0.4, -0.2) is 42.7 Å². The molecule has 0 aromatic heterocycles. The maximum atomic E-state index is 13.2. The van der Waals surface area contributed by atoms with E-state index in [9.17, 15) is 19.2 Å². The molecule has 7 nitrogen and oxygen atoms in total. The summed E-state index contributed by atoms with van der Waals surface area (Å²) in [6.07, 6.45) is -1.10. The summed E-state index contributed by atoms with van der Waals surface area (Å²) in [5, 5.41) is 1.47. The van der Waals surface area contributed by atoms with Gasteiger partial charge in [0.15, 0.2) is 0 Å². The van der Waals surface area contributed by atoms with Crippen molar-refractivity contribution in [1.82, 2.24) is 4.90 Å². The second kappa shape index (κ2) is 9.11. The molecule has 36 heavy (non-hydrogen) atoms. The van der Waals surface area contributed by atoms with Gasteiger partial charge in [-0.3, -0.25) is 14.4 Å². The van der Waals surface area contributed by atoms with Gasteiger partial charge in [0.2, 0.25) is 6.10 Å². The number of hydrogen-bond donors (Lipinski definition) is 0. The van der Waals surface area contributed by atoms with Crippen LogP contribution in [-0.2, 0) is 9.53 Å². The topological polar surface area (TPSA) is 84.0 Å². The largest absolute Gasteiger partial charge is 0.444 e. The van der Waals surface area contributed by atoms with Crippen LogP contribution in [0.3, 0.4) is 0 Å².